The van der Waals surface area contributed by atoms with Crippen molar-refractivity contribution in [2.75, 3.05) is 13.1 Å². The van der Waals surface area contributed by atoms with Crippen LogP contribution in [0.1, 0.15) is 26.7 Å². The minimum Gasteiger partial charge on any atom is -0.481 e. The number of carboxylic acids is 1. The van der Waals surface area contributed by atoms with Crippen LogP contribution in [0.5, 0.6) is 0 Å². The lowest BCUT2D eigenvalue weighted by Crippen LogP contribution is -2.67. The minimum atomic E-state index is -1.12. The first-order chi connectivity index (χ1) is 8.75. The maximum absolute atomic E-state index is 11.9. The van der Waals surface area contributed by atoms with Crippen LogP contribution in [0, 0.1) is 0 Å². The average Bonchev–Trinajstić information content (AvgIpc) is 2.29. The van der Waals surface area contributed by atoms with E-state index in [-0.39, 0.29) is 25.9 Å². The fourth-order valence-corrected chi connectivity index (χ4v) is 1.64. The number of piperazine rings is 1. The number of imide groups is 1. The highest BCUT2D eigenvalue weighted by Crippen LogP contribution is 2.17. The largest absolute Gasteiger partial charge is 0.481 e. The molecule has 1 aliphatic heterocycles. The van der Waals surface area contributed by atoms with Gasteiger partial charge in [0.05, 0.1) is 0 Å². The van der Waals surface area contributed by atoms with Gasteiger partial charge in [-0.25, -0.2) is 4.79 Å². The van der Waals surface area contributed by atoms with Gasteiger partial charge in [0.25, 0.3) is 5.91 Å². The zero-order chi connectivity index (χ0) is 14.6. The summed E-state index contributed by atoms with van der Waals surface area (Å²) in [5.41, 5.74) is -1.12. The number of urea groups is 1. The number of hydrogen-bond donors (Lipinski definition) is 3. The highest BCUT2D eigenvalue weighted by molar-refractivity contribution is 6.05. The molecule has 1 aliphatic rings. The van der Waals surface area contributed by atoms with Crippen LogP contribution in [0.3, 0.4) is 0 Å². The Morgan fingerprint density at radius 3 is 2.63 bits per heavy atom. The number of nitrogens with zero attached hydrogens (tertiary/aromatic N) is 1. The molecule has 19 heavy (non-hydrogen) atoms. The Balaban J connectivity index is 2.56. The molecule has 0 unspecified atom stereocenters. The molecule has 1 saturated heterocycles. The number of aliphatic carboxylic acids is 1. The normalized spacial score (nSPS) is 17.9. The monoisotopic (exact) mass is 271 g/mol. The van der Waals surface area contributed by atoms with Gasteiger partial charge < -0.3 is 15.3 Å². The highest BCUT2D eigenvalue weighted by atomic mass is 16.4. The van der Waals surface area contributed by atoms with Crippen LogP contribution in [-0.2, 0) is 14.4 Å². The average molecular weight is 271 g/mol. The third-order valence-electron chi connectivity index (χ3n) is 2.87. The van der Waals surface area contributed by atoms with Gasteiger partial charge in [-0.2, -0.15) is 0 Å². The van der Waals surface area contributed by atoms with E-state index < -0.39 is 29.4 Å². The molecule has 0 aromatic carbocycles. The van der Waals surface area contributed by atoms with E-state index in [1.54, 1.807) is 0 Å². The quantitative estimate of drug-likeness (QED) is 0.462. The van der Waals surface area contributed by atoms with E-state index in [4.69, 9.17) is 5.11 Å². The lowest BCUT2D eigenvalue weighted by atomic mass is 9.99. The Bertz CT molecular complexity index is 419. The van der Waals surface area contributed by atoms with Gasteiger partial charge in [-0.3, -0.25) is 19.7 Å². The second kappa shape index (κ2) is 5.68. The van der Waals surface area contributed by atoms with Crippen molar-refractivity contribution in [3.05, 3.63) is 0 Å². The van der Waals surface area contributed by atoms with E-state index in [0.717, 1.165) is 4.90 Å². The van der Waals surface area contributed by atoms with E-state index in [1.165, 1.54) is 13.8 Å². The Morgan fingerprint density at radius 1 is 1.42 bits per heavy atom. The number of rotatable bonds is 4. The summed E-state index contributed by atoms with van der Waals surface area (Å²) in [6, 6.07) is -0.557. The summed E-state index contributed by atoms with van der Waals surface area (Å²) in [6.07, 6.45) is 0.235. The highest BCUT2D eigenvalue weighted by Gasteiger charge is 2.43. The van der Waals surface area contributed by atoms with Crippen molar-refractivity contribution in [1.82, 2.24) is 15.5 Å². The van der Waals surface area contributed by atoms with Crippen molar-refractivity contribution in [1.29, 1.82) is 0 Å². The Hall–Kier alpha value is -2.12. The predicted molar refractivity (Wildman–Crippen MR) is 64.2 cm³/mol. The van der Waals surface area contributed by atoms with Gasteiger partial charge in [0, 0.05) is 13.0 Å². The predicted octanol–water partition coefficient (Wildman–Crippen LogP) is -0.702. The van der Waals surface area contributed by atoms with Crippen LogP contribution in [0.15, 0.2) is 0 Å². The summed E-state index contributed by atoms with van der Waals surface area (Å²) in [4.78, 5) is 46.2. The maximum Gasteiger partial charge on any atom is 0.318 e. The fraction of sp³-hybridized carbons (Fsp3) is 0.636. The first-order valence-electron chi connectivity index (χ1n) is 5.86. The fourth-order valence-electron chi connectivity index (χ4n) is 1.64. The smallest absolute Gasteiger partial charge is 0.318 e. The molecule has 1 fully saturated rings. The molecule has 4 amide bonds. The van der Waals surface area contributed by atoms with Gasteiger partial charge in [0.2, 0.25) is 5.91 Å². The van der Waals surface area contributed by atoms with Crippen LogP contribution in [0.25, 0.3) is 0 Å². The lowest BCUT2D eigenvalue weighted by Gasteiger charge is -2.39. The third-order valence-corrected chi connectivity index (χ3v) is 2.87. The molecule has 0 spiro atoms. The molecular weight excluding hydrogens is 254 g/mol. The van der Waals surface area contributed by atoms with Crippen molar-refractivity contribution < 1.29 is 24.3 Å². The second-order valence-electron chi connectivity index (χ2n) is 4.75. The summed E-state index contributed by atoms with van der Waals surface area (Å²) >= 11 is 0. The Kier molecular flexibility index (Phi) is 4.47. The number of carbonyl (C=O) groups is 4. The van der Waals surface area contributed by atoms with Gasteiger partial charge >= 0.3 is 12.0 Å². The molecule has 0 atom stereocenters. The topological polar surface area (TPSA) is 116 Å². The van der Waals surface area contributed by atoms with Crippen molar-refractivity contribution >= 4 is 23.8 Å². The molecule has 8 nitrogen and oxygen atoms in total. The third kappa shape index (κ3) is 3.67. The van der Waals surface area contributed by atoms with Crippen LogP contribution in [-0.4, -0.2) is 52.4 Å². The first-order valence-corrected chi connectivity index (χ1v) is 5.86. The van der Waals surface area contributed by atoms with Gasteiger partial charge in [0.1, 0.15) is 12.1 Å². The Labute approximate surface area is 110 Å². The number of hydrogen-bond acceptors (Lipinski definition) is 4. The van der Waals surface area contributed by atoms with Crippen molar-refractivity contribution in [3.63, 3.8) is 0 Å². The van der Waals surface area contributed by atoms with Gasteiger partial charge in [-0.15, -0.1) is 0 Å². The second-order valence-corrected chi connectivity index (χ2v) is 4.75. The van der Waals surface area contributed by atoms with E-state index in [1.807, 2.05) is 0 Å². The number of carbonyl (C=O) groups excluding carboxylic acids is 3. The maximum atomic E-state index is 11.9. The van der Waals surface area contributed by atoms with Crippen LogP contribution in [0.4, 0.5) is 4.79 Å². The van der Waals surface area contributed by atoms with Crippen molar-refractivity contribution in [2.24, 2.45) is 0 Å². The molecule has 3 N–H and O–H groups in total. The first kappa shape index (κ1) is 14.9. The van der Waals surface area contributed by atoms with Crippen LogP contribution >= 0.6 is 0 Å². The van der Waals surface area contributed by atoms with Crippen LogP contribution < -0.4 is 10.6 Å². The minimum absolute atomic E-state index is 0.0525. The number of amides is 4. The SMILES string of the molecule is CC1(C)C(=O)NC(=O)CN1C(=O)NCCCC(=O)O. The van der Waals surface area contributed by atoms with Crippen molar-refractivity contribution in [2.45, 2.75) is 32.2 Å². The summed E-state index contributed by atoms with van der Waals surface area (Å²) in [6.45, 7) is 3.04. The zero-order valence-corrected chi connectivity index (χ0v) is 10.9. The van der Waals surface area contributed by atoms with E-state index in [9.17, 15) is 19.2 Å². The summed E-state index contributed by atoms with van der Waals surface area (Å²) in [5, 5.41) is 13.1. The van der Waals surface area contributed by atoms with Crippen LogP contribution in [0.2, 0.25) is 0 Å². The van der Waals surface area contributed by atoms with Crippen molar-refractivity contribution in [3.8, 4) is 0 Å². The van der Waals surface area contributed by atoms with Gasteiger partial charge in [-0.1, -0.05) is 0 Å². The molecule has 0 aliphatic carbocycles. The molecular formula is C11H17N3O5. The summed E-state index contributed by atoms with van der Waals surface area (Å²) in [5.74, 6) is -2.02. The summed E-state index contributed by atoms with van der Waals surface area (Å²) in [7, 11) is 0. The number of nitrogens with one attached hydrogen (secondary N) is 2. The lowest BCUT2D eigenvalue weighted by molar-refractivity contribution is -0.142. The standard InChI is InChI=1S/C11H17N3O5/c1-11(2)9(18)13-7(15)6-14(11)10(19)12-5-3-4-8(16)17/h3-6H2,1-2H3,(H,12,19)(H,16,17)(H,13,15,18). The molecule has 0 aromatic heterocycles. The Morgan fingerprint density at radius 2 is 2.05 bits per heavy atom. The van der Waals surface area contributed by atoms with E-state index in [0.29, 0.717) is 0 Å². The molecule has 0 radical (unpaired) electrons. The molecule has 1 heterocycles. The zero-order valence-electron chi connectivity index (χ0n) is 10.9. The van der Waals surface area contributed by atoms with Gasteiger partial charge in [0.15, 0.2) is 0 Å². The molecule has 8 heteroatoms. The molecule has 0 saturated carbocycles. The summed E-state index contributed by atoms with van der Waals surface area (Å²) < 4.78 is 0. The molecule has 1 rings (SSSR count). The molecule has 0 bridgehead atoms. The van der Waals surface area contributed by atoms with E-state index in [2.05, 4.69) is 10.6 Å². The molecule has 106 valence electrons. The van der Waals surface area contributed by atoms with Gasteiger partial charge in [-0.05, 0) is 20.3 Å². The van der Waals surface area contributed by atoms with E-state index >= 15 is 0 Å². The number of carboxylic acid groups (broad SMARTS) is 1. The molecule has 0 aromatic rings.